The molecule has 0 radical (unpaired) electrons. The maximum atomic E-state index is 13.5. The lowest BCUT2D eigenvalue weighted by molar-refractivity contribution is 0.0951. The van der Waals surface area contributed by atoms with E-state index in [4.69, 9.17) is 4.74 Å². The van der Waals surface area contributed by atoms with E-state index in [-0.39, 0.29) is 17.8 Å². The van der Waals surface area contributed by atoms with E-state index < -0.39 is 0 Å². The summed E-state index contributed by atoms with van der Waals surface area (Å²) in [5.74, 6) is 0.0611. The summed E-state index contributed by atoms with van der Waals surface area (Å²) >= 11 is 0. The molecule has 6 heteroatoms. The number of aromatic amines is 1. The average molecular weight is 325 g/mol. The van der Waals surface area contributed by atoms with E-state index in [2.05, 4.69) is 15.5 Å². The molecule has 122 valence electrons. The third-order valence-electron chi connectivity index (χ3n) is 4.13. The Morgan fingerprint density at radius 1 is 1.33 bits per heavy atom. The Labute approximate surface area is 137 Å². The van der Waals surface area contributed by atoms with E-state index in [1.54, 1.807) is 31.4 Å². The fraction of sp³-hybridized carbons (Fsp3) is 0.222. The summed E-state index contributed by atoms with van der Waals surface area (Å²) < 4.78 is 18.9. The van der Waals surface area contributed by atoms with Crippen molar-refractivity contribution < 1.29 is 13.9 Å². The smallest absolute Gasteiger partial charge is 0.251 e. The number of ether oxygens (including phenoxy) is 1. The summed E-state index contributed by atoms with van der Waals surface area (Å²) in [6.07, 6.45) is 2.04. The normalized spacial score (nSPS) is 13.9. The Morgan fingerprint density at radius 3 is 2.88 bits per heavy atom. The zero-order chi connectivity index (χ0) is 16.7. The van der Waals surface area contributed by atoms with Crippen LogP contribution in [0.1, 0.15) is 23.2 Å². The highest BCUT2D eigenvalue weighted by molar-refractivity contribution is 6.04. The molecule has 1 saturated carbocycles. The first-order chi connectivity index (χ1) is 11.7. The van der Waals surface area contributed by atoms with Crippen molar-refractivity contribution in [3.05, 3.63) is 47.8 Å². The predicted molar refractivity (Wildman–Crippen MR) is 88.5 cm³/mol. The third-order valence-corrected chi connectivity index (χ3v) is 4.13. The Hall–Kier alpha value is -2.89. The van der Waals surface area contributed by atoms with Crippen LogP contribution in [0.4, 0.5) is 4.39 Å². The minimum absolute atomic E-state index is 0.135. The van der Waals surface area contributed by atoms with E-state index in [0.717, 1.165) is 18.2 Å². The van der Waals surface area contributed by atoms with Gasteiger partial charge in [-0.05, 0) is 37.1 Å². The number of hydrogen-bond donors (Lipinski definition) is 2. The van der Waals surface area contributed by atoms with Crippen molar-refractivity contribution in [2.24, 2.45) is 0 Å². The molecule has 0 atom stereocenters. The van der Waals surface area contributed by atoms with Crippen LogP contribution in [0.15, 0.2) is 36.4 Å². The summed E-state index contributed by atoms with van der Waals surface area (Å²) in [6.45, 7) is 0. The lowest BCUT2D eigenvalue weighted by atomic mass is 10.0. The molecule has 2 N–H and O–H groups in total. The molecule has 24 heavy (non-hydrogen) atoms. The van der Waals surface area contributed by atoms with Crippen molar-refractivity contribution in [2.45, 2.75) is 18.9 Å². The van der Waals surface area contributed by atoms with Crippen molar-refractivity contribution >= 4 is 16.8 Å². The molecule has 3 aromatic rings. The lowest BCUT2D eigenvalue weighted by Gasteiger charge is -2.07. The summed E-state index contributed by atoms with van der Waals surface area (Å²) in [5, 5.41) is 10.9. The second-order valence-corrected chi connectivity index (χ2v) is 5.93. The molecule has 2 aromatic carbocycles. The third kappa shape index (κ3) is 2.60. The summed E-state index contributed by atoms with van der Waals surface area (Å²) in [6, 6.07) is 9.93. The standard InChI is InChI=1S/C18H16FN3O2/c1-24-15-9-11(18(23)20-13-5-6-13)8-14-16(21-22-17(14)15)10-3-2-4-12(19)7-10/h2-4,7-9,13H,5-6H2,1H3,(H,20,23)(H,21,22). The first-order valence-electron chi connectivity index (χ1n) is 7.78. The highest BCUT2D eigenvalue weighted by Crippen LogP contribution is 2.33. The van der Waals surface area contributed by atoms with Crippen LogP contribution in [0.5, 0.6) is 5.75 Å². The number of benzene rings is 2. The van der Waals surface area contributed by atoms with Crippen LogP contribution < -0.4 is 10.1 Å². The van der Waals surface area contributed by atoms with Gasteiger partial charge in [0.15, 0.2) is 0 Å². The van der Waals surface area contributed by atoms with Crippen molar-refractivity contribution in [2.75, 3.05) is 7.11 Å². The SMILES string of the molecule is COc1cc(C(=O)NC2CC2)cc2c(-c3cccc(F)c3)n[nH]c12. The van der Waals surface area contributed by atoms with Gasteiger partial charge in [-0.2, -0.15) is 5.10 Å². The number of halogens is 1. The number of nitrogens with zero attached hydrogens (tertiary/aromatic N) is 1. The van der Waals surface area contributed by atoms with Gasteiger partial charge in [-0.1, -0.05) is 12.1 Å². The first kappa shape index (κ1) is 14.7. The number of rotatable bonds is 4. The number of nitrogens with one attached hydrogen (secondary N) is 2. The largest absolute Gasteiger partial charge is 0.494 e. The van der Waals surface area contributed by atoms with Gasteiger partial charge in [0.05, 0.1) is 7.11 Å². The van der Waals surface area contributed by atoms with E-state index in [1.165, 1.54) is 12.1 Å². The minimum atomic E-state index is -0.335. The lowest BCUT2D eigenvalue weighted by Crippen LogP contribution is -2.25. The maximum Gasteiger partial charge on any atom is 0.251 e. The Bertz CT molecular complexity index is 931. The molecule has 0 bridgehead atoms. The van der Waals surface area contributed by atoms with E-state index in [9.17, 15) is 9.18 Å². The number of hydrogen-bond acceptors (Lipinski definition) is 3. The van der Waals surface area contributed by atoms with Crippen molar-refractivity contribution in [1.82, 2.24) is 15.5 Å². The molecule has 0 aliphatic heterocycles. The van der Waals surface area contributed by atoms with Gasteiger partial charge in [0.2, 0.25) is 0 Å². The molecule has 1 heterocycles. The molecule has 4 rings (SSSR count). The van der Waals surface area contributed by atoms with Crippen molar-refractivity contribution in [3.8, 4) is 17.0 Å². The van der Waals surface area contributed by atoms with Gasteiger partial charge in [-0.15, -0.1) is 0 Å². The molecule has 5 nitrogen and oxygen atoms in total. The van der Waals surface area contributed by atoms with Crippen LogP contribution in [0.3, 0.4) is 0 Å². The quantitative estimate of drug-likeness (QED) is 0.773. The Kier molecular flexibility index (Phi) is 3.45. The van der Waals surface area contributed by atoms with Gasteiger partial charge in [0, 0.05) is 22.6 Å². The summed E-state index contributed by atoms with van der Waals surface area (Å²) in [5.41, 5.74) is 2.41. The highest BCUT2D eigenvalue weighted by atomic mass is 19.1. The minimum Gasteiger partial charge on any atom is -0.494 e. The van der Waals surface area contributed by atoms with Gasteiger partial charge in [-0.3, -0.25) is 9.89 Å². The van der Waals surface area contributed by atoms with Crippen LogP contribution in [0.25, 0.3) is 22.2 Å². The highest BCUT2D eigenvalue weighted by Gasteiger charge is 2.25. The van der Waals surface area contributed by atoms with Crippen LogP contribution in [-0.2, 0) is 0 Å². The number of aromatic nitrogens is 2. The maximum absolute atomic E-state index is 13.5. The molecule has 0 saturated heterocycles. The fourth-order valence-electron chi connectivity index (χ4n) is 2.73. The number of carbonyl (C=O) groups excluding carboxylic acids is 1. The van der Waals surface area contributed by atoms with Crippen LogP contribution in [0, 0.1) is 5.82 Å². The van der Waals surface area contributed by atoms with Crippen molar-refractivity contribution in [3.63, 3.8) is 0 Å². The molecule has 1 aliphatic carbocycles. The zero-order valence-corrected chi connectivity index (χ0v) is 13.1. The zero-order valence-electron chi connectivity index (χ0n) is 13.1. The number of fused-ring (bicyclic) bond motifs is 1. The second kappa shape index (κ2) is 5.63. The van der Waals surface area contributed by atoms with Gasteiger partial charge < -0.3 is 10.1 Å². The molecule has 0 spiro atoms. The second-order valence-electron chi connectivity index (χ2n) is 5.93. The Morgan fingerprint density at radius 2 is 2.17 bits per heavy atom. The van der Waals surface area contributed by atoms with Gasteiger partial charge in [0.1, 0.15) is 22.8 Å². The number of carbonyl (C=O) groups is 1. The Balaban J connectivity index is 1.85. The molecular formula is C18H16FN3O2. The van der Waals surface area contributed by atoms with Crippen LogP contribution in [-0.4, -0.2) is 29.3 Å². The predicted octanol–water partition coefficient (Wildman–Crippen LogP) is 3.27. The number of H-pyrrole nitrogens is 1. The van der Waals surface area contributed by atoms with E-state index in [0.29, 0.717) is 28.1 Å². The van der Waals surface area contributed by atoms with Gasteiger partial charge >= 0.3 is 0 Å². The van der Waals surface area contributed by atoms with E-state index in [1.807, 2.05) is 0 Å². The first-order valence-corrected chi connectivity index (χ1v) is 7.78. The summed E-state index contributed by atoms with van der Waals surface area (Å²) in [4.78, 5) is 12.4. The van der Waals surface area contributed by atoms with Crippen LogP contribution in [0.2, 0.25) is 0 Å². The fourth-order valence-corrected chi connectivity index (χ4v) is 2.73. The van der Waals surface area contributed by atoms with Crippen molar-refractivity contribution in [1.29, 1.82) is 0 Å². The molecular weight excluding hydrogens is 309 g/mol. The molecule has 1 aromatic heterocycles. The summed E-state index contributed by atoms with van der Waals surface area (Å²) in [7, 11) is 1.54. The molecule has 0 unspecified atom stereocenters. The number of amides is 1. The van der Waals surface area contributed by atoms with E-state index >= 15 is 0 Å². The van der Waals surface area contributed by atoms with Crippen LogP contribution >= 0.6 is 0 Å². The van der Waals surface area contributed by atoms with Gasteiger partial charge in [0.25, 0.3) is 5.91 Å². The molecule has 1 amide bonds. The molecule has 1 fully saturated rings. The molecule has 1 aliphatic rings. The topological polar surface area (TPSA) is 67.0 Å². The average Bonchev–Trinajstić information content (AvgIpc) is 3.29. The number of methoxy groups -OCH3 is 1. The monoisotopic (exact) mass is 325 g/mol. The van der Waals surface area contributed by atoms with Gasteiger partial charge in [-0.25, -0.2) is 4.39 Å².